The average molecular weight is 519 g/mol. The standard InChI is InChI=1S/C24H29Br2N3/c1-9-21(27-16(2)25)29(22-12-10-11-20(26)28-22)19-14-17(23(3,4)5)13-18(15-19)24(6,7)8/h9-15H,1-2H2,3-8H3/b27-21+. The van der Waals surface area contributed by atoms with E-state index in [-0.39, 0.29) is 10.8 Å². The Bertz CT molecular complexity index is 915. The summed E-state index contributed by atoms with van der Waals surface area (Å²) in [7, 11) is 0. The number of hydrogen-bond acceptors (Lipinski definition) is 2. The fourth-order valence-corrected chi connectivity index (χ4v) is 3.34. The molecule has 1 aromatic carbocycles. The van der Waals surface area contributed by atoms with E-state index in [1.165, 1.54) is 11.1 Å². The molecule has 0 aliphatic carbocycles. The van der Waals surface area contributed by atoms with Crippen molar-refractivity contribution in [2.24, 2.45) is 4.99 Å². The Balaban J connectivity index is 2.86. The predicted octanol–water partition coefficient (Wildman–Crippen LogP) is 8.03. The zero-order chi connectivity index (χ0) is 22.0. The van der Waals surface area contributed by atoms with Crippen LogP contribution in [0.4, 0.5) is 11.5 Å². The Morgan fingerprint density at radius 2 is 1.59 bits per heavy atom. The Kier molecular flexibility index (Phi) is 7.28. The SMILES string of the molecule is C=C/C(=N\C(=C)Br)N(c1cc(C(C)(C)C)cc(C(C)(C)C)c1)c1cccc(Br)n1. The van der Waals surface area contributed by atoms with E-state index in [1.807, 2.05) is 23.1 Å². The third kappa shape index (κ3) is 6.13. The van der Waals surface area contributed by atoms with E-state index in [0.29, 0.717) is 10.4 Å². The van der Waals surface area contributed by atoms with E-state index >= 15 is 0 Å². The monoisotopic (exact) mass is 517 g/mol. The Morgan fingerprint density at radius 1 is 1.03 bits per heavy atom. The van der Waals surface area contributed by atoms with Gasteiger partial charge < -0.3 is 0 Å². The van der Waals surface area contributed by atoms with Crippen LogP contribution in [-0.2, 0) is 10.8 Å². The van der Waals surface area contributed by atoms with Crippen LogP contribution in [0.3, 0.4) is 0 Å². The molecule has 0 bridgehead atoms. The molecule has 2 aromatic rings. The second kappa shape index (κ2) is 8.97. The van der Waals surface area contributed by atoms with Gasteiger partial charge in [-0.05, 0) is 84.2 Å². The van der Waals surface area contributed by atoms with Crippen LogP contribution in [0, 0.1) is 0 Å². The minimum absolute atomic E-state index is 0.00309. The molecule has 0 amide bonds. The van der Waals surface area contributed by atoms with Crippen molar-refractivity contribution in [2.75, 3.05) is 4.90 Å². The molecule has 0 aliphatic rings. The van der Waals surface area contributed by atoms with Crippen LogP contribution < -0.4 is 4.90 Å². The van der Waals surface area contributed by atoms with Crippen LogP contribution >= 0.6 is 31.9 Å². The highest BCUT2D eigenvalue weighted by Gasteiger charge is 2.24. The highest BCUT2D eigenvalue weighted by molar-refractivity contribution is 9.11. The Hall–Kier alpha value is -1.72. The highest BCUT2D eigenvalue weighted by Crippen LogP contribution is 2.36. The summed E-state index contributed by atoms with van der Waals surface area (Å²) in [5.74, 6) is 1.39. The smallest absolute Gasteiger partial charge is 0.140 e. The van der Waals surface area contributed by atoms with Crippen molar-refractivity contribution >= 4 is 49.2 Å². The van der Waals surface area contributed by atoms with Crippen LogP contribution in [-0.4, -0.2) is 10.8 Å². The van der Waals surface area contributed by atoms with Crippen molar-refractivity contribution in [3.8, 4) is 0 Å². The van der Waals surface area contributed by atoms with Gasteiger partial charge in [-0.1, -0.05) is 66.8 Å². The molecule has 0 fully saturated rings. The molecular weight excluding hydrogens is 490 g/mol. The average Bonchev–Trinajstić information content (AvgIpc) is 2.59. The fraction of sp³-hybridized carbons (Fsp3) is 0.333. The van der Waals surface area contributed by atoms with Gasteiger partial charge in [-0.25, -0.2) is 9.98 Å². The molecule has 0 spiro atoms. The summed E-state index contributed by atoms with van der Waals surface area (Å²) in [6, 6.07) is 12.5. The van der Waals surface area contributed by atoms with E-state index in [4.69, 9.17) is 0 Å². The molecule has 1 aromatic heterocycles. The van der Waals surface area contributed by atoms with Gasteiger partial charge in [0.1, 0.15) is 20.9 Å². The molecule has 2 rings (SSSR count). The number of nitrogens with zero attached hydrogens (tertiary/aromatic N) is 3. The van der Waals surface area contributed by atoms with E-state index in [0.717, 1.165) is 16.1 Å². The minimum atomic E-state index is -0.00309. The van der Waals surface area contributed by atoms with Crippen LogP contribution in [0.25, 0.3) is 0 Å². The number of rotatable bonds is 4. The summed E-state index contributed by atoms with van der Waals surface area (Å²) in [4.78, 5) is 11.2. The minimum Gasteiger partial charge on any atom is -0.279 e. The van der Waals surface area contributed by atoms with Gasteiger partial charge >= 0.3 is 0 Å². The Labute approximate surface area is 191 Å². The molecule has 5 heteroatoms. The van der Waals surface area contributed by atoms with Gasteiger partial charge in [-0.15, -0.1) is 0 Å². The maximum atomic E-state index is 4.68. The van der Waals surface area contributed by atoms with Crippen LogP contribution in [0.5, 0.6) is 0 Å². The van der Waals surface area contributed by atoms with Crippen molar-refractivity contribution in [2.45, 2.75) is 52.4 Å². The first kappa shape index (κ1) is 23.6. The number of aromatic nitrogens is 1. The first-order valence-electron chi connectivity index (χ1n) is 9.47. The Morgan fingerprint density at radius 3 is 2.00 bits per heavy atom. The summed E-state index contributed by atoms with van der Waals surface area (Å²) >= 11 is 6.84. The number of amidine groups is 1. The number of benzene rings is 1. The molecule has 0 N–H and O–H groups in total. The van der Waals surface area contributed by atoms with Gasteiger partial charge in [0.05, 0.1) is 0 Å². The number of aliphatic imine (C=N–C) groups is 1. The number of hydrogen-bond donors (Lipinski definition) is 0. The molecule has 29 heavy (non-hydrogen) atoms. The lowest BCUT2D eigenvalue weighted by atomic mass is 9.80. The summed E-state index contributed by atoms with van der Waals surface area (Å²) in [5, 5.41) is 0. The van der Waals surface area contributed by atoms with E-state index < -0.39 is 0 Å². The summed E-state index contributed by atoms with van der Waals surface area (Å²) in [6.45, 7) is 21.2. The normalized spacial score (nSPS) is 12.6. The van der Waals surface area contributed by atoms with Gasteiger partial charge in [0.2, 0.25) is 0 Å². The molecular formula is C24H29Br2N3. The van der Waals surface area contributed by atoms with Crippen LogP contribution in [0.2, 0.25) is 0 Å². The lowest BCUT2D eigenvalue weighted by Crippen LogP contribution is -2.27. The first-order chi connectivity index (χ1) is 13.3. The number of pyridine rings is 1. The van der Waals surface area contributed by atoms with Crippen molar-refractivity contribution in [1.29, 1.82) is 0 Å². The lowest BCUT2D eigenvalue weighted by Gasteiger charge is -2.30. The van der Waals surface area contributed by atoms with Crippen LogP contribution in [0.15, 0.2) is 69.8 Å². The van der Waals surface area contributed by atoms with Crippen molar-refractivity contribution in [3.63, 3.8) is 0 Å². The lowest BCUT2D eigenvalue weighted by molar-refractivity contribution is 0.569. The van der Waals surface area contributed by atoms with Crippen molar-refractivity contribution in [1.82, 2.24) is 4.98 Å². The first-order valence-corrected chi connectivity index (χ1v) is 11.1. The van der Waals surface area contributed by atoms with E-state index in [1.54, 1.807) is 6.08 Å². The third-order valence-corrected chi connectivity index (χ3v) is 5.10. The molecule has 0 atom stereocenters. The summed E-state index contributed by atoms with van der Waals surface area (Å²) < 4.78 is 1.28. The fourth-order valence-electron chi connectivity index (χ4n) is 2.82. The summed E-state index contributed by atoms with van der Waals surface area (Å²) in [6.07, 6.45) is 1.72. The molecule has 0 saturated carbocycles. The molecule has 154 valence electrons. The second-order valence-corrected chi connectivity index (χ2v) is 10.7. The van der Waals surface area contributed by atoms with Gasteiger partial charge in [0.15, 0.2) is 0 Å². The number of anilines is 2. The maximum absolute atomic E-state index is 4.68. The zero-order valence-corrected chi connectivity index (χ0v) is 21.2. The van der Waals surface area contributed by atoms with Crippen molar-refractivity contribution in [3.05, 3.63) is 76.0 Å². The van der Waals surface area contributed by atoms with Gasteiger partial charge in [-0.2, -0.15) is 0 Å². The predicted molar refractivity (Wildman–Crippen MR) is 134 cm³/mol. The topological polar surface area (TPSA) is 28.5 Å². The molecule has 0 aliphatic heterocycles. The summed E-state index contributed by atoms with van der Waals surface area (Å²) in [5.41, 5.74) is 3.48. The van der Waals surface area contributed by atoms with E-state index in [2.05, 4.69) is 115 Å². The molecule has 0 radical (unpaired) electrons. The largest absolute Gasteiger partial charge is 0.279 e. The third-order valence-electron chi connectivity index (χ3n) is 4.49. The van der Waals surface area contributed by atoms with Gasteiger partial charge in [-0.3, -0.25) is 4.90 Å². The molecule has 3 nitrogen and oxygen atoms in total. The molecule has 1 heterocycles. The number of halogens is 2. The van der Waals surface area contributed by atoms with Crippen LogP contribution in [0.1, 0.15) is 52.7 Å². The quantitative estimate of drug-likeness (QED) is 0.177. The van der Waals surface area contributed by atoms with Crippen molar-refractivity contribution < 1.29 is 0 Å². The molecule has 0 unspecified atom stereocenters. The van der Waals surface area contributed by atoms with Gasteiger partial charge in [0, 0.05) is 5.69 Å². The van der Waals surface area contributed by atoms with E-state index in [9.17, 15) is 0 Å². The molecule has 0 saturated heterocycles. The second-order valence-electron chi connectivity index (χ2n) is 8.97. The highest BCUT2D eigenvalue weighted by atomic mass is 79.9. The van der Waals surface area contributed by atoms with Gasteiger partial charge in [0.25, 0.3) is 0 Å². The maximum Gasteiger partial charge on any atom is 0.140 e. The zero-order valence-electron chi connectivity index (χ0n) is 18.1.